The van der Waals surface area contributed by atoms with E-state index in [1.54, 1.807) is 25.1 Å². The Bertz CT molecular complexity index is 476. The van der Waals surface area contributed by atoms with Gasteiger partial charge in [0, 0.05) is 23.6 Å². The lowest BCUT2D eigenvalue weighted by Crippen LogP contribution is -2.24. The van der Waals surface area contributed by atoms with Crippen LogP contribution in [0.1, 0.15) is 25.3 Å². The zero-order valence-electron chi connectivity index (χ0n) is 11.6. The summed E-state index contributed by atoms with van der Waals surface area (Å²) >= 11 is 6.05. The Kier molecular flexibility index (Phi) is 6.87. The third-order valence-corrected chi connectivity index (χ3v) is 2.97. The number of amides is 1. The Balaban J connectivity index is 2.47. The maximum absolute atomic E-state index is 11.6. The molecule has 0 fully saturated rings. The van der Waals surface area contributed by atoms with Gasteiger partial charge in [-0.15, -0.1) is 0 Å². The van der Waals surface area contributed by atoms with Gasteiger partial charge < -0.3 is 14.8 Å². The van der Waals surface area contributed by atoms with Gasteiger partial charge in [-0.05, 0) is 19.1 Å². The number of ether oxygens (including phenoxy) is 2. The number of esters is 1. The first-order valence-corrected chi connectivity index (χ1v) is 6.70. The van der Waals surface area contributed by atoms with Gasteiger partial charge in [0.15, 0.2) is 0 Å². The predicted molar refractivity (Wildman–Crippen MR) is 75.7 cm³/mol. The molecule has 0 saturated heterocycles. The number of hydrogen-bond donors (Lipinski definition) is 1. The van der Waals surface area contributed by atoms with Gasteiger partial charge in [0.2, 0.25) is 5.91 Å². The van der Waals surface area contributed by atoms with E-state index in [2.05, 4.69) is 5.32 Å². The lowest BCUT2D eigenvalue weighted by atomic mass is 10.2. The average molecular weight is 300 g/mol. The van der Waals surface area contributed by atoms with Gasteiger partial charge in [-0.3, -0.25) is 9.59 Å². The molecule has 0 aliphatic rings. The van der Waals surface area contributed by atoms with E-state index in [-0.39, 0.29) is 31.3 Å². The number of carbonyl (C=O) groups excluding carboxylic acids is 2. The van der Waals surface area contributed by atoms with Crippen LogP contribution in [-0.4, -0.2) is 25.6 Å². The van der Waals surface area contributed by atoms with E-state index in [0.717, 1.165) is 0 Å². The number of methoxy groups -OCH3 is 1. The maximum atomic E-state index is 11.6. The molecule has 5 nitrogen and oxygen atoms in total. The van der Waals surface area contributed by atoms with Crippen molar-refractivity contribution in [1.82, 2.24) is 5.32 Å². The van der Waals surface area contributed by atoms with Crippen molar-refractivity contribution in [3.63, 3.8) is 0 Å². The zero-order chi connectivity index (χ0) is 15.0. The summed E-state index contributed by atoms with van der Waals surface area (Å²) < 4.78 is 9.93. The number of benzene rings is 1. The molecule has 0 aromatic heterocycles. The number of rotatable bonds is 7. The van der Waals surface area contributed by atoms with Gasteiger partial charge in [-0.1, -0.05) is 17.7 Å². The number of nitrogens with one attached hydrogen (secondary N) is 1. The van der Waals surface area contributed by atoms with Crippen molar-refractivity contribution < 1.29 is 19.1 Å². The molecule has 0 atom stereocenters. The van der Waals surface area contributed by atoms with Crippen LogP contribution in [0, 0.1) is 0 Å². The Morgan fingerprint density at radius 1 is 1.30 bits per heavy atom. The van der Waals surface area contributed by atoms with Crippen LogP contribution in [0.3, 0.4) is 0 Å². The van der Waals surface area contributed by atoms with Crippen LogP contribution in [-0.2, 0) is 20.9 Å². The molecule has 1 rings (SSSR count). The van der Waals surface area contributed by atoms with Crippen molar-refractivity contribution in [1.29, 1.82) is 0 Å². The van der Waals surface area contributed by atoms with E-state index < -0.39 is 0 Å². The van der Waals surface area contributed by atoms with Crippen molar-refractivity contribution in [2.75, 3.05) is 13.7 Å². The molecule has 6 heteroatoms. The molecule has 0 heterocycles. The summed E-state index contributed by atoms with van der Waals surface area (Å²) in [4.78, 5) is 22.8. The molecular formula is C14H18ClNO4. The second-order valence-corrected chi connectivity index (χ2v) is 4.41. The predicted octanol–water partition coefficient (Wildman–Crippen LogP) is 2.31. The highest BCUT2D eigenvalue weighted by atomic mass is 35.5. The summed E-state index contributed by atoms with van der Waals surface area (Å²) in [7, 11) is 1.54. The fourth-order valence-corrected chi connectivity index (χ4v) is 1.86. The van der Waals surface area contributed by atoms with E-state index >= 15 is 0 Å². The summed E-state index contributed by atoms with van der Waals surface area (Å²) in [5, 5.41) is 3.22. The van der Waals surface area contributed by atoms with Gasteiger partial charge in [-0.25, -0.2) is 0 Å². The third-order valence-electron chi connectivity index (χ3n) is 2.62. The molecule has 0 aliphatic carbocycles. The zero-order valence-corrected chi connectivity index (χ0v) is 12.3. The first-order chi connectivity index (χ1) is 9.58. The Morgan fingerprint density at radius 3 is 2.70 bits per heavy atom. The topological polar surface area (TPSA) is 64.6 Å². The fraction of sp³-hybridized carbons (Fsp3) is 0.429. The van der Waals surface area contributed by atoms with Gasteiger partial charge >= 0.3 is 5.97 Å². The molecule has 0 bridgehead atoms. The highest BCUT2D eigenvalue weighted by Crippen LogP contribution is 2.25. The molecule has 0 unspecified atom stereocenters. The molecule has 1 N–H and O–H groups in total. The van der Waals surface area contributed by atoms with Crippen LogP contribution < -0.4 is 10.1 Å². The minimum absolute atomic E-state index is 0.0688. The Hall–Kier alpha value is -1.75. The fourth-order valence-electron chi connectivity index (χ4n) is 1.63. The van der Waals surface area contributed by atoms with Crippen molar-refractivity contribution in [3.8, 4) is 5.75 Å². The van der Waals surface area contributed by atoms with Crippen LogP contribution in [0.4, 0.5) is 0 Å². The molecular weight excluding hydrogens is 282 g/mol. The van der Waals surface area contributed by atoms with Crippen molar-refractivity contribution >= 4 is 23.5 Å². The Labute approximate surface area is 123 Å². The maximum Gasteiger partial charge on any atom is 0.306 e. The van der Waals surface area contributed by atoms with Crippen molar-refractivity contribution in [3.05, 3.63) is 28.8 Å². The standard InChI is InChI=1S/C14H18ClNO4/c1-3-20-14(18)8-7-13(17)16-9-10-11(15)5-4-6-12(10)19-2/h4-6H,3,7-9H2,1-2H3,(H,16,17). The molecule has 1 aromatic rings. The van der Waals surface area contributed by atoms with Crippen LogP contribution in [0.2, 0.25) is 5.02 Å². The number of carbonyl (C=O) groups is 2. The lowest BCUT2D eigenvalue weighted by Gasteiger charge is -2.11. The van der Waals surface area contributed by atoms with Crippen molar-refractivity contribution in [2.45, 2.75) is 26.3 Å². The van der Waals surface area contributed by atoms with Gasteiger partial charge in [-0.2, -0.15) is 0 Å². The SMILES string of the molecule is CCOC(=O)CCC(=O)NCc1c(Cl)cccc1OC. The Morgan fingerprint density at radius 2 is 2.05 bits per heavy atom. The van der Waals surface area contributed by atoms with E-state index in [4.69, 9.17) is 21.1 Å². The lowest BCUT2D eigenvalue weighted by molar-refractivity contribution is -0.144. The highest BCUT2D eigenvalue weighted by molar-refractivity contribution is 6.31. The third kappa shape index (κ3) is 5.09. The quantitative estimate of drug-likeness (QED) is 0.785. The highest BCUT2D eigenvalue weighted by Gasteiger charge is 2.11. The van der Waals surface area contributed by atoms with E-state index in [0.29, 0.717) is 22.9 Å². The minimum atomic E-state index is -0.377. The number of hydrogen-bond acceptors (Lipinski definition) is 4. The monoisotopic (exact) mass is 299 g/mol. The minimum Gasteiger partial charge on any atom is -0.496 e. The molecule has 110 valence electrons. The average Bonchev–Trinajstić information content (AvgIpc) is 2.43. The normalized spacial score (nSPS) is 9.95. The van der Waals surface area contributed by atoms with E-state index in [9.17, 15) is 9.59 Å². The summed E-state index contributed by atoms with van der Waals surface area (Å²) in [5.41, 5.74) is 0.709. The van der Waals surface area contributed by atoms with Gasteiger partial charge in [0.1, 0.15) is 5.75 Å². The molecule has 0 radical (unpaired) electrons. The molecule has 0 aliphatic heterocycles. The summed E-state index contributed by atoms with van der Waals surface area (Å²) in [5.74, 6) is 0.00110. The van der Waals surface area contributed by atoms with Crippen LogP contribution >= 0.6 is 11.6 Å². The second kappa shape index (κ2) is 8.43. The largest absolute Gasteiger partial charge is 0.496 e. The van der Waals surface area contributed by atoms with Crippen molar-refractivity contribution in [2.24, 2.45) is 0 Å². The van der Waals surface area contributed by atoms with Crippen LogP contribution in [0.5, 0.6) is 5.75 Å². The summed E-state index contributed by atoms with van der Waals surface area (Å²) in [6, 6.07) is 5.27. The molecule has 20 heavy (non-hydrogen) atoms. The summed E-state index contributed by atoms with van der Waals surface area (Å²) in [6.45, 7) is 2.30. The molecule has 1 aromatic carbocycles. The van der Waals surface area contributed by atoms with Gasteiger partial charge in [0.05, 0.1) is 20.1 Å². The van der Waals surface area contributed by atoms with E-state index in [1.807, 2.05) is 0 Å². The molecule has 1 amide bonds. The smallest absolute Gasteiger partial charge is 0.306 e. The first kappa shape index (κ1) is 16.3. The number of halogens is 1. The van der Waals surface area contributed by atoms with Gasteiger partial charge in [0.25, 0.3) is 0 Å². The first-order valence-electron chi connectivity index (χ1n) is 6.32. The molecule has 0 saturated carbocycles. The van der Waals surface area contributed by atoms with Crippen LogP contribution in [0.25, 0.3) is 0 Å². The molecule has 0 spiro atoms. The summed E-state index contributed by atoms with van der Waals surface area (Å²) in [6.07, 6.45) is 0.158. The van der Waals surface area contributed by atoms with E-state index in [1.165, 1.54) is 7.11 Å². The van der Waals surface area contributed by atoms with Crippen LogP contribution in [0.15, 0.2) is 18.2 Å². The second-order valence-electron chi connectivity index (χ2n) is 4.00.